The van der Waals surface area contributed by atoms with Crippen LogP contribution in [0, 0.1) is 25.6 Å². The molecule has 1 aliphatic rings. The first-order valence-corrected chi connectivity index (χ1v) is 8.37. The smallest absolute Gasteiger partial charge is 0.229 e. The van der Waals surface area contributed by atoms with E-state index in [-0.39, 0.29) is 30.5 Å². The Morgan fingerprint density at radius 1 is 1.28 bits per heavy atom. The zero-order chi connectivity index (χ0) is 18.1. The van der Waals surface area contributed by atoms with Crippen LogP contribution < -0.4 is 10.2 Å². The fourth-order valence-electron chi connectivity index (χ4n) is 3.15. The SMILES string of the molecule is Cc1cc(C)c(N2CC(C(=O)Nc3ccccc3F)CC2=O)c(Cl)c1. The predicted molar refractivity (Wildman–Crippen MR) is 96.4 cm³/mol. The Labute approximate surface area is 150 Å². The van der Waals surface area contributed by atoms with Crippen LogP contribution in [0.3, 0.4) is 0 Å². The molecular weight excluding hydrogens is 343 g/mol. The van der Waals surface area contributed by atoms with Crippen molar-refractivity contribution >= 4 is 34.8 Å². The van der Waals surface area contributed by atoms with Gasteiger partial charge in [0.2, 0.25) is 11.8 Å². The lowest BCUT2D eigenvalue weighted by Crippen LogP contribution is -2.29. The molecule has 2 aromatic rings. The minimum Gasteiger partial charge on any atom is -0.323 e. The van der Waals surface area contributed by atoms with Crippen molar-refractivity contribution in [3.05, 3.63) is 58.4 Å². The second-order valence-electron chi connectivity index (χ2n) is 6.29. The van der Waals surface area contributed by atoms with Crippen LogP contribution in [0.15, 0.2) is 36.4 Å². The van der Waals surface area contributed by atoms with Crippen LogP contribution in [0.1, 0.15) is 17.5 Å². The summed E-state index contributed by atoms with van der Waals surface area (Å²) in [5.41, 5.74) is 2.64. The minimum absolute atomic E-state index is 0.0733. The summed E-state index contributed by atoms with van der Waals surface area (Å²) in [6, 6.07) is 9.69. The Kier molecular flexibility index (Phi) is 4.77. The zero-order valence-corrected chi connectivity index (χ0v) is 14.7. The molecule has 1 atom stereocenters. The summed E-state index contributed by atoms with van der Waals surface area (Å²) in [4.78, 5) is 26.4. The first kappa shape index (κ1) is 17.4. The van der Waals surface area contributed by atoms with Crippen LogP contribution in [0.5, 0.6) is 0 Å². The van der Waals surface area contributed by atoms with Crippen LogP contribution in [0.2, 0.25) is 5.02 Å². The third-order valence-corrected chi connectivity index (χ3v) is 4.58. The average Bonchev–Trinajstić information content (AvgIpc) is 2.90. The number of hydrogen-bond acceptors (Lipinski definition) is 2. The number of hydrogen-bond donors (Lipinski definition) is 1. The van der Waals surface area contributed by atoms with E-state index < -0.39 is 11.7 Å². The Hall–Kier alpha value is -2.40. The number of nitrogens with zero attached hydrogens (tertiary/aromatic N) is 1. The molecule has 1 aliphatic heterocycles. The quantitative estimate of drug-likeness (QED) is 0.896. The Morgan fingerprint density at radius 2 is 2.00 bits per heavy atom. The molecule has 0 spiro atoms. The Balaban J connectivity index is 1.79. The lowest BCUT2D eigenvalue weighted by Gasteiger charge is -2.21. The second kappa shape index (κ2) is 6.84. The van der Waals surface area contributed by atoms with Gasteiger partial charge in [-0.25, -0.2) is 4.39 Å². The third-order valence-electron chi connectivity index (χ3n) is 4.30. The van der Waals surface area contributed by atoms with Crippen molar-refractivity contribution in [2.45, 2.75) is 20.3 Å². The van der Waals surface area contributed by atoms with Crippen LogP contribution >= 0.6 is 11.6 Å². The molecule has 1 unspecified atom stereocenters. The van der Waals surface area contributed by atoms with Crippen molar-refractivity contribution in [2.75, 3.05) is 16.8 Å². The monoisotopic (exact) mass is 360 g/mol. The van der Waals surface area contributed by atoms with Crippen molar-refractivity contribution in [1.82, 2.24) is 0 Å². The maximum atomic E-state index is 13.7. The van der Waals surface area contributed by atoms with Crippen LogP contribution in [0.25, 0.3) is 0 Å². The molecule has 3 rings (SSSR count). The van der Waals surface area contributed by atoms with Crippen LogP contribution in [-0.4, -0.2) is 18.4 Å². The summed E-state index contributed by atoms with van der Waals surface area (Å²) in [6.07, 6.45) is 0.0733. The van der Waals surface area contributed by atoms with Gasteiger partial charge in [-0.15, -0.1) is 0 Å². The van der Waals surface area contributed by atoms with Gasteiger partial charge >= 0.3 is 0 Å². The van der Waals surface area contributed by atoms with Gasteiger partial charge in [-0.3, -0.25) is 9.59 Å². The molecule has 1 N–H and O–H groups in total. The van der Waals surface area contributed by atoms with Crippen LogP contribution in [-0.2, 0) is 9.59 Å². The second-order valence-corrected chi connectivity index (χ2v) is 6.69. The van der Waals surface area contributed by atoms with Gasteiger partial charge in [-0.2, -0.15) is 0 Å². The molecule has 0 aromatic heterocycles. The summed E-state index contributed by atoms with van der Waals surface area (Å²) < 4.78 is 13.7. The zero-order valence-electron chi connectivity index (χ0n) is 14.0. The summed E-state index contributed by atoms with van der Waals surface area (Å²) in [6.45, 7) is 4.04. The minimum atomic E-state index is -0.552. The summed E-state index contributed by atoms with van der Waals surface area (Å²) in [5, 5.41) is 3.04. The Morgan fingerprint density at radius 3 is 2.68 bits per heavy atom. The van der Waals surface area contributed by atoms with Gasteiger partial charge < -0.3 is 10.2 Å². The number of carbonyl (C=O) groups excluding carboxylic acids is 2. The van der Waals surface area contributed by atoms with Gasteiger partial charge in [-0.05, 0) is 43.2 Å². The van der Waals surface area contributed by atoms with E-state index in [1.54, 1.807) is 23.1 Å². The number of amides is 2. The highest BCUT2D eigenvalue weighted by Crippen LogP contribution is 2.35. The number of benzene rings is 2. The van der Waals surface area contributed by atoms with Crippen molar-refractivity contribution in [1.29, 1.82) is 0 Å². The predicted octanol–water partition coefficient (Wildman–Crippen LogP) is 4.09. The van der Waals surface area contributed by atoms with Crippen LogP contribution in [0.4, 0.5) is 15.8 Å². The first-order valence-electron chi connectivity index (χ1n) is 7.99. The van der Waals surface area contributed by atoms with Gasteiger partial charge in [-0.1, -0.05) is 29.8 Å². The fraction of sp³-hybridized carbons (Fsp3) is 0.263. The number of halogens is 2. The molecule has 6 heteroatoms. The molecule has 0 saturated carbocycles. The number of aryl methyl sites for hydroxylation is 2. The number of carbonyl (C=O) groups is 2. The van der Waals surface area contributed by atoms with Gasteiger partial charge in [0.05, 0.1) is 22.3 Å². The molecule has 0 aliphatic carbocycles. The molecule has 1 saturated heterocycles. The maximum Gasteiger partial charge on any atom is 0.229 e. The normalized spacial score (nSPS) is 17.0. The van der Waals surface area contributed by atoms with Crippen molar-refractivity contribution in [2.24, 2.45) is 5.92 Å². The molecule has 2 aromatic carbocycles. The highest BCUT2D eigenvalue weighted by atomic mass is 35.5. The molecule has 0 bridgehead atoms. The highest BCUT2D eigenvalue weighted by molar-refractivity contribution is 6.34. The van der Waals surface area contributed by atoms with E-state index >= 15 is 0 Å². The third kappa shape index (κ3) is 3.51. The van der Waals surface area contributed by atoms with Crippen molar-refractivity contribution < 1.29 is 14.0 Å². The number of nitrogens with one attached hydrogen (secondary N) is 1. The number of anilines is 2. The molecule has 1 heterocycles. The first-order chi connectivity index (χ1) is 11.9. The summed E-state index contributed by atoms with van der Waals surface area (Å²) in [5.74, 6) is -1.59. The standard InChI is InChI=1S/C19H18ClFN2O2/c1-11-7-12(2)18(14(20)8-11)23-10-13(9-17(23)24)19(25)22-16-6-4-3-5-15(16)21/h3-8,13H,9-10H2,1-2H3,(H,22,25). The summed E-state index contributed by atoms with van der Waals surface area (Å²) in [7, 11) is 0. The number of rotatable bonds is 3. The van der Waals surface area contributed by atoms with E-state index in [0.717, 1.165) is 11.1 Å². The lowest BCUT2D eigenvalue weighted by molar-refractivity contribution is -0.122. The van der Waals surface area contributed by atoms with E-state index in [4.69, 9.17) is 11.6 Å². The molecule has 130 valence electrons. The highest BCUT2D eigenvalue weighted by Gasteiger charge is 2.36. The largest absolute Gasteiger partial charge is 0.323 e. The topological polar surface area (TPSA) is 49.4 Å². The molecular formula is C19H18ClFN2O2. The van der Waals surface area contributed by atoms with E-state index in [1.807, 2.05) is 19.9 Å². The van der Waals surface area contributed by atoms with Gasteiger partial charge in [0.15, 0.2) is 0 Å². The maximum absolute atomic E-state index is 13.7. The molecule has 25 heavy (non-hydrogen) atoms. The Bertz CT molecular complexity index is 830. The number of para-hydroxylation sites is 1. The fourth-order valence-corrected chi connectivity index (χ4v) is 3.57. The van der Waals surface area contributed by atoms with E-state index in [1.165, 1.54) is 12.1 Å². The van der Waals surface area contributed by atoms with Crippen molar-refractivity contribution in [3.63, 3.8) is 0 Å². The van der Waals surface area contributed by atoms with E-state index in [9.17, 15) is 14.0 Å². The molecule has 4 nitrogen and oxygen atoms in total. The molecule has 0 radical (unpaired) electrons. The lowest BCUT2D eigenvalue weighted by atomic mass is 10.1. The molecule has 1 fully saturated rings. The molecule has 2 amide bonds. The van der Waals surface area contributed by atoms with Crippen molar-refractivity contribution in [3.8, 4) is 0 Å². The van der Waals surface area contributed by atoms with E-state index in [0.29, 0.717) is 10.7 Å². The van der Waals surface area contributed by atoms with Gasteiger partial charge in [0.25, 0.3) is 0 Å². The van der Waals surface area contributed by atoms with Gasteiger partial charge in [0, 0.05) is 13.0 Å². The summed E-state index contributed by atoms with van der Waals surface area (Å²) >= 11 is 6.31. The average molecular weight is 361 g/mol. The van der Waals surface area contributed by atoms with Gasteiger partial charge in [0.1, 0.15) is 5.82 Å². The van der Waals surface area contributed by atoms with E-state index in [2.05, 4.69) is 5.32 Å².